The largest absolute Gasteiger partial charge is 0.461 e. The molecule has 2 aliphatic carbocycles. The number of hydrogen-bond acceptors (Lipinski definition) is 4. The average Bonchev–Trinajstić information content (AvgIpc) is 3.28. The van der Waals surface area contributed by atoms with Crippen LogP contribution in [0.3, 0.4) is 0 Å². The number of amides is 1. The summed E-state index contributed by atoms with van der Waals surface area (Å²) in [4.78, 5) is 12.3. The summed E-state index contributed by atoms with van der Waals surface area (Å²) in [5.41, 5.74) is 0.258. The first-order valence-electron chi connectivity index (χ1n) is 6.60. The maximum absolute atomic E-state index is 12.3. The van der Waals surface area contributed by atoms with Crippen LogP contribution in [0.1, 0.15) is 31.4 Å². The first-order chi connectivity index (χ1) is 9.28. The van der Waals surface area contributed by atoms with Crippen molar-refractivity contribution in [3.8, 4) is 11.5 Å². The lowest BCUT2D eigenvalue weighted by atomic mass is 10.0. The smallest absolute Gasteiger partial charge is 0.232 e. The molecular formula is C14H14N2O3. The van der Waals surface area contributed by atoms with Crippen molar-refractivity contribution < 1.29 is 13.7 Å². The van der Waals surface area contributed by atoms with Gasteiger partial charge in [-0.15, -0.1) is 0 Å². The van der Waals surface area contributed by atoms with Crippen molar-refractivity contribution in [2.24, 2.45) is 0 Å². The van der Waals surface area contributed by atoms with Gasteiger partial charge in [0.1, 0.15) is 0 Å². The van der Waals surface area contributed by atoms with E-state index in [1.165, 1.54) is 0 Å². The number of carbonyl (C=O) groups is 1. The van der Waals surface area contributed by atoms with Crippen molar-refractivity contribution in [1.82, 2.24) is 10.5 Å². The SMILES string of the molecule is O=C(NC1CC1)C1(c2cc(-c3ccco3)on2)CC1. The van der Waals surface area contributed by atoms with Crippen LogP contribution in [-0.4, -0.2) is 17.1 Å². The normalized spacial score (nSPS) is 20.2. The van der Waals surface area contributed by atoms with Gasteiger partial charge in [-0.2, -0.15) is 0 Å². The zero-order chi connectivity index (χ0) is 12.9. The molecule has 19 heavy (non-hydrogen) atoms. The Balaban J connectivity index is 1.60. The summed E-state index contributed by atoms with van der Waals surface area (Å²) in [6.07, 6.45) is 5.46. The van der Waals surface area contributed by atoms with Gasteiger partial charge in [0.2, 0.25) is 11.7 Å². The Morgan fingerprint density at radius 2 is 2.21 bits per heavy atom. The monoisotopic (exact) mass is 258 g/mol. The van der Waals surface area contributed by atoms with Crippen LogP contribution in [0.2, 0.25) is 0 Å². The van der Waals surface area contributed by atoms with Gasteiger partial charge in [-0.25, -0.2) is 0 Å². The lowest BCUT2D eigenvalue weighted by Crippen LogP contribution is -2.36. The van der Waals surface area contributed by atoms with E-state index in [9.17, 15) is 4.79 Å². The molecule has 0 unspecified atom stereocenters. The molecule has 2 saturated carbocycles. The third-order valence-corrected chi connectivity index (χ3v) is 3.86. The van der Waals surface area contributed by atoms with Crippen molar-refractivity contribution in [2.45, 2.75) is 37.1 Å². The minimum atomic E-state index is -0.461. The van der Waals surface area contributed by atoms with E-state index in [-0.39, 0.29) is 5.91 Å². The summed E-state index contributed by atoms with van der Waals surface area (Å²) in [6.45, 7) is 0. The zero-order valence-electron chi connectivity index (χ0n) is 10.4. The summed E-state index contributed by atoms with van der Waals surface area (Å²) in [7, 11) is 0. The molecule has 5 nitrogen and oxygen atoms in total. The third-order valence-electron chi connectivity index (χ3n) is 3.86. The molecule has 0 spiro atoms. The van der Waals surface area contributed by atoms with E-state index in [0.29, 0.717) is 17.6 Å². The van der Waals surface area contributed by atoms with Crippen molar-refractivity contribution in [2.75, 3.05) is 0 Å². The fourth-order valence-electron chi connectivity index (χ4n) is 2.31. The van der Waals surface area contributed by atoms with Crippen molar-refractivity contribution in [3.63, 3.8) is 0 Å². The maximum atomic E-state index is 12.3. The van der Waals surface area contributed by atoms with E-state index in [0.717, 1.165) is 31.4 Å². The number of hydrogen-bond donors (Lipinski definition) is 1. The van der Waals surface area contributed by atoms with Crippen molar-refractivity contribution in [1.29, 1.82) is 0 Å². The average molecular weight is 258 g/mol. The Morgan fingerprint density at radius 3 is 2.84 bits per heavy atom. The molecule has 1 amide bonds. The molecule has 2 fully saturated rings. The van der Waals surface area contributed by atoms with Crippen LogP contribution in [0.5, 0.6) is 0 Å². The first-order valence-corrected chi connectivity index (χ1v) is 6.60. The summed E-state index contributed by atoms with van der Waals surface area (Å²) in [6, 6.07) is 5.80. The minimum Gasteiger partial charge on any atom is -0.461 e. The first kappa shape index (κ1) is 10.8. The molecule has 2 aromatic heterocycles. The molecule has 0 aromatic carbocycles. The van der Waals surface area contributed by atoms with E-state index < -0.39 is 5.41 Å². The molecule has 2 aromatic rings. The van der Waals surface area contributed by atoms with E-state index in [4.69, 9.17) is 8.94 Å². The molecule has 0 radical (unpaired) electrons. The summed E-state index contributed by atoms with van der Waals surface area (Å²) in [5, 5.41) is 7.11. The fourth-order valence-corrected chi connectivity index (χ4v) is 2.31. The highest BCUT2D eigenvalue weighted by atomic mass is 16.5. The summed E-state index contributed by atoms with van der Waals surface area (Å²) in [5.74, 6) is 1.30. The van der Waals surface area contributed by atoms with Crippen LogP contribution >= 0.6 is 0 Å². The van der Waals surface area contributed by atoms with Crippen LogP contribution in [-0.2, 0) is 10.2 Å². The van der Waals surface area contributed by atoms with Gasteiger partial charge in [0, 0.05) is 12.1 Å². The Morgan fingerprint density at radius 1 is 1.37 bits per heavy atom. The fraction of sp³-hybridized carbons (Fsp3) is 0.429. The Kier molecular flexibility index (Phi) is 2.13. The van der Waals surface area contributed by atoms with Crippen molar-refractivity contribution >= 4 is 5.91 Å². The Bertz CT molecular complexity index is 606. The van der Waals surface area contributed by atoms with Gasteiger partial charge in [0.15, 0.2) is 5.76 Å². The van der Waals surface area contributed by atoms with Crippen LogP contribution in [0.25, 0.3) is 11.5 Å². The molecule has 1 N–H and O–H groups in total. The van der Waals surface area contributed by atoms with Gasteiger partial charge < -0.3 is 14.3 Å². The molecule has 2 heterocycles. The van der Waals surface area contributed by atoms with Gasteiger partial charge in [-0.3, -0.25) is 4.79 Å². The predicted octanol–water partition coefficient (Wildman–Crippen LogP) is 2.24. The number of furan rings is 1. The van der Waals surface area contributed by atoms with Gasteiger partial charge >= 0.3 is 0 Å². The number of nitrogens with zero attached hydrogens (tertiary/aromatic N) is 1. The van der Waals surface area contributed by atoms with E-state index >= 15 is 0 Å². The maximum Gasteiger partial charge on any atom is 0.232 e. The Labute approximate surface area is 110 Å². The zero-order valence-corrected chi connectivity index (χ0v) is 10.4. The third kappa shape index (κ3) is 1.77. The Hall–Kier alpha value is -2.04. The second-order valence-electron chi connectivity index (χ2n) is 5.38. The van der Waals surface area contributed by atoms with Gasteiger partial charge in [-0.05, 0) is 37.8 Å². The van der Waals surface area contributed by atoms with Crippen LogP contribution < -0.4 is 5.32 Å². The standard InChI is InChI=1S/C14H14N2O3/c17-13(15-9-3-4-9)14(5-6-14)12-8-11(19-16-12)10-2-1-7-18-10/h1-2,7-9H,3-6H2,(H,15,17). The van der Waals surface area contributed by atoms with E-state index in [1.54, 1.807) is 12.3 Å². The molecule has 5 heteroatoms. The lowest BCUT2D eigenvalue weighted by Gasteiger charge is -2.11. The van der Waals surface area contributed by atoms with Gasteiger partial charge in [-0.1, -0.05) is 5.16 Å². The molecular weight excluding hydrogens is 244 g/mol. The van der Waals surface area contributed by atoms with Crippen molar-refractivity contribution in [3.05, 3.63) is 30.2 Å². The second-order valence-corrected chi connectivity index (χ2v) is 5.38. The quantitative estimate of drug-likeness (QED) is 0.913. The van der Waals surface area contributed by atoms with Gasteiger partial charge in [0.05, 0.1) is 17.4 Å². The number of carbonyl (C=O) groups excluding carboxylic acids is 1. The predicted molar refractivity (Wildman–Crippen MR) is 66.3 cm³/mol. The van der Waals surface area contributed by atoms with E-state index in [2.05, 4.69) is 10.5 Å². The number of aromatic nitrogens is 1. The molecule has 4 rings (SSSR count). The second kappa shape index (κ2) is 3.73. The van der Waals surface area contributed by atoms with E-state index in [1.807, 2.05) is 12.1 Å². The minimum absolute atomic E-state index is 0.0919. The van der Waals surface area contributed by atoms with Crippen LogP contribution in [0, 0.1) is 0 Å². The highest BCUT2D eigenvalue weighted by molar-refractivity contribution is 5.91. The summed E-state index contributed by atoms with van der Waals surface area (Å²) < 4.78 is 10.5. The lowest BCUT2D eigenvalue weighted by molar-refractivity contribution is -0.123. The molecule has 0 saturated heterocycles. The highest BCUT2D eigenvalue weighted by Crippen LogP contribution is 2.49. The summed E-state index contributed by atoms with van der Waals surface area (Å²) >= 11 is 0. The molecule has 0 bridgehead atoms. The topological polar surface area (TPSA) is 68.3 Å². The molecule has 98 valence electrons. The van der Waals surface area contributed by atoms with Gasteiger partial charge in [0.25, 0.3) is 0 Å². The molecule has 2 aliphatic rings. The molecule has 0 aliphatic heterocycles. The van der Waals surface area contributed by atoms with Crippen LogP contribution in [0.4, 0.5) is 0 Å². The highest BCUT2D eigenvalue weighted by Gasteiger charge is 2.54. The number of nitrogens with one attached hydrogen (secondary N) is 1. The number of rotatable bonds is 4. The molecule has 0 atom stereocenters. The van der Waals surface area contributed by atoms with Crippen LogP contribution in [0.15, 0.2) is 33.4 Å².